The van der Waals surface area contributed by atoms with Crippen molar-refractivity contribution in [1.29, 1.82) is 0 Å². The number of benzene rings is 3. The number of hydrogen-bond acceptors (Lipinski definition) is 6. The quantitative estimate of drug-likeness (QED) is 0.221. The maximum atomic E-state index is 9.25. The van der Waals surface area contributed by atoms with Crippen molar-refractivity contribution in [2.75, 3.05) is 0 Å². The molecule has 6 nitrogen and oxygen atoms in total. The van der Waals surface area contributed by atoms with E-state index in [1.54, 1.807) is 24.3 Å². The number of hydrogen-bond donors (Lipinski definition) is 6. The molecular formula is C22H18O6Si2. The topological polar surface area (TPSA) is 121 Å². The van der Waals surface area contributed by atoms with Gasteiger partial charge in [-0.15, -0.1) is 0 Å². The molecule has 0 fully saturated rings. The zero-order chi connectivity index (χ0) is 21.8. The average molecular weight is 435 g/mol. The maximum absolute atomic E-state index is 9.25. The van der Waals surface area contributed by atoms with Crippen LogP contribution in [0.25, 0.3) is 0 Å². The van der Waals surface area contributed by atoms with Gasteiger partial charge in [0, 0.05) is 32.6 Å². The van der Waals surface area contributed by atoms with Gasteiger partial charge in [0.05, 0.1) is 0 Å². The molecule has 0 atom stereocenters. The second kappa shape index (κ2) is 8.77. The molecule has 30 heavy (non-hydrogen) atoms. The van der Waals surface area contributed by atoms with Crippen molar-refractivity contribution in [3.8, 4) is 23.7 Å². The highest BCUT2D eigenvalue weighted by molar-refractivity contribution is 6.72. The highest BCUT2D eigenvalue weighted by Gasteiger charge is 2.30. The Balaban J connectivity index is 1.68. The van der Waals surface area contributed by atoms with Crippen LogP contribution in [0.2, 0.25) is 0 Å². The summed E-state index contributed by atoms with van der Waals surface area (Å²) in [6.45, 7) is 0. The molecule has 0 aliphatic heterocycles. The molecule has 6 N–H and O–H groups in total. The lowest BCUT2D eigenvalue weighted by Crippen LogP contribution is -2.48. The lowest BCUT2D eigenvalue weighted by atomic mass is 10.1. The highest BCUT2D eigenvalue weighted by Crippen LogP contribution is 2.05. The van der Waals surface area contributed by atoms with Gasteiger partial charge in [0.25, 0.3) is 0 Å². The Hall–Kier alpha value is -3.03. The molecule has 0 amide bonds. The Morgan fingerprint density at radius 2 is 0.567 bits per heavy atom. The van der Waals surface area contributed by atoms with E-state index in [4.69, 9.17) is 0 Å². The minimum Gasteiger partial charge on any atom is -0.386 e. The molecule has 0 heterocycles. The molecule has 150 valence electrons. The Morgan fingerprint density at radius 3 is 0.767 bits per heavy atom. The van der Waals surface area contributed by atoms with Crippen LogP contribution in [0.5, 0.6) is 0 Å². The summed E-state index contributed by atoms with van der Waals surface area (Å²) in [6.07, 6.45) is 0. The Kier molecular flexibility index (Phi) is 6.34. The molecule has 0 saturated heterocycles. The van der Waals surface area contributed by atoms with Crippen LogP contribution in [0.1, 0.15) is 22.3 Å². The predicted molar refractivity (Wildman–Crippen MR) is 115 cm³/mol. The molecular weight excluding hydrogens is 416 g/mol. The first-order valence-corrected chi connectivity index (χ1v) is 12.5. The largest absolute Gasteiger partial charge is 0.528 e. The summed E-state index contributed by atoms with van der Waals surface area (Å²) in [5, 5.41) is 0.187. The Bertz CT molecular complexity index is 1040. The number of rotatable bonds is 2. The maximum Gasteiger partial charge on any atom is 0.528 e. The first-order chi connectivity index (χ1) is 14.1. The smallest absolute Gasteiger partial charge is 0.386 e. The first kappa shape index (κ1) is 21.7. The van der Waals surface area contributed by atoms with Crippen molar-refractivity contribution in [3.63, 3.8) is 0 Å². The summed E-state index contributed by atoms with van der Waals surface area (Å²) in [6, 6.07) is 19.5. The van der Waals surface area contributed by atoms with Crippen LogP contribution in [0.4, 0.5) is 0 Å². The summed E-state index contributed by atoms with van der Waals surface area (Å²) in [7, 11) is -8.57. The molecule has 3 aromatic rings. The molecule has 0 aromatic heterocycles. The third-order valence-corrected chi connectivity index (χ3v) is 6.35. The molecule has 0 unspecified atom stereocenters. The van der Waals surface area contributed by atoms with Gasteiger partial charge in [-0.3, -0.25) is 0 Å². The molecule has 0 aliphatic rings. The fraction of sp³-hybridized carbons (Fsp3) is 0. The molecule has 8 heteroatoms. The standard InChI is InChI=1S/C22H18O6Si2/c23-29(24,25)21-13-9-19(10-14-21)7-5-17-1-2-18(4-3-17)6-8-20-11-15-22(16-12-20)30(26,27)28/h1-4,9-16,23-28H. The van der Waals surface area contributed by atoms with Gasteiger partial charge in [-0.05, 0) is 48.5 Å². The zero-order valence-electron chi connectivity index (χ0n) is 15.6. The SMILES string of the molecule is O[Si](O)(O)c1ccc(C#Cc2ccc(C#Cc3ccc([Si](O)(O)O)cc3)cc2)cc1. The lowest BCUT2D eigenvalue weighted by Gasteiger charge is -2.08. The molecule has 0 bridgehead atoms. The minimum atomic E-state index is -4.29. The van der Waals surface area contributed by atoms with Crippen LogP contribution in [0, 0.1) is 23.7 Å². The van der Waals surface area contributed by atoms with Crippen molar-refractivity contribution < 1.29 is 28.8 Å². The zero-order valence-corrected chi connectivity index (χ0v) is 17.6. The highest BCUT2D eigenvalue weighted by atomic mass is 28.4. The van der Waals surface area contributed by atoms with Crippen LogP contribution in [-0.2, 0) is 0 Å². The molecule has 0 aliphatic carbocycles. The molecule has 3 rings (SSSR count). The van der Waals surface area contributed by atoms with Crippen LogP contribution in [-0.4, -0.2) is 46.4 Å². The summed E-state index contributed by atoms with van der Waals surface area (Å²) in [4.78, 5) is 55.5. The van der Waals surface area contributed by atoms with E-state index in [1.807, 2.05) is 24.3 Å². The monoisotopic (exact) mass is 434 g/mol. The summed E-state index contributed by atoms with van der Waals surface area (Å²) >= 11 is 0. The van der Waals surface area contributed by atoms with Gasteiger partial charge in [0.1, 0.15) is 0 Å². The first-order valence-electron chi connectivity index (χ1n) is 8.81. The second-order valence-electron chi connectivity index (χ2n) is 6.50. The van der Waals surface area contributed by atoms with E-state index >= 15 is 0 Å². The molecule has 0 saturated carbocycles. The summed E-state index contributed by atoms with van der Waals surface area (Å²) in [5.74, 6) is 11.9. The van der Waals surface area contributed by atoms with Crippen LogP contribution in [0.15, 0.2) is 72.8 Å². The summed E-state index contributed by atoms with van der Waals surface area (Å²) < 4.78 is 0. The van der Waals surface area contributed by atoms with E-state index in [0.29, 0.717) is 11.1 Å². The van der Waals surface area contributed by atoms with E-state index in [2.05, 4.69) is 23.7 Å². The fourth-order valence-corrected chi connectivity index (χ4v) is 3.71. The molecule has 3 aromatic carbocycles. The van der Waals surface area contributed by atoms with Crippen molar-refractivity contribution in [1.82, 2.24) is 0 Å². The van der Waals surface area contributed by atoms with Crippen molar-refractivity contribution >= 4 is 28.0 Å². The van der Waals surface area contributed by atoms with Crippen LogP contribution >= 0.6 is 0 Å². The van der Waals surface area contributed by atoms with Gasteiger partial charge in [0.2, 0.25) is 0 Å². The van der Waals surface area contributed by atoms with E-state index in [-0.39, 0.29) is 10.4 Å². The third kappa shape index (κ3) is 5.98. The Labute approximate surface area is 175 Å². The van der Waals surface area contributed by atoms with E-state index in [0.717, 1.165) is 11.1 Å². The van der Waals surface area contributed by atoms with Crippen molar-refractivity contribution in [3.05, 3.63) is 95.1 Å². The summed E-state index contributed by atoms with van der Waals surface area (Å²) in [5.41, 5.74) is 2.90. The molecule has 0 radical (unpaired) electrons. The van der Waals surface area contributed by atoms with E-state index in [1.165, 1.54) is 24.3 Å². The Morgan fingerprint density at radius 1 is 0.367 bits per heavy atom. The third-order valence-electron chi connectivity index (χ3n) is 4.13. The minimum absolute atomic E-state index is 0.0936. The van der Waals surface area contributed by atoms with Crippen molar-refractivity contribution in [2.45, 2.75) is 0 Å². The van der Waals surface area contributed by atoms with Crippen LogP contribution in [0.3, 0.4) is 0 Å². The van der Waals surface area contributed by atoms with Gasteiger partial charge in [-0.2, -0.15) is 0 Å². The van der Waals surface area contributed by atoms with Gasteiger partial charge in [-0.1, -0.05) is 47.9 Å². The van der Waals surface area contributed by atoms with Gasteiger partial charge in [-0.25, -0.2) is 0 Å². The normalized spacial score (nSPS) is 11.1. The van der Waals surface area contributed by atoms with Gasteiger partial charge < -0.3 is 28.8 Å². The van der Waals surface area contributed by atoms with Crippen LogP contribution < -0.4 is 10.4 Å². The molecule has 0 spiro atoms. The van der Waals surface area contributed by atoms with Gasteiger partial charge >= 0.3 is 17.6 Å². The predicted octanol–water partition coefficient (Wildman–Crippen LogP) is -1.27. The average Bonchev–Trinajstić information content (AvgIpc) is 2.71. The van der Waals surface area contributed by atoms with E-state index in [9.17, 15) is 28.8 Å². The van der Waals surface area contributed by atoms with E-state index < -0.39 is 17.6 Å². The second-order valence-corrected chi connectivity index (χ2v) is 10.2. The van der Waals surface area contributed by atoms with Gasteiger partial charge in [0.15, 0.2) is 0 Å². The lowest BCUT2D eigenvalue weighted by molar-refractivity contribution is 0.248. The van der Waals surface area contributed by atoms with Crippen molar-refractivity contribution in [2.24, 2.45) is 0 Å². The fourth-order valence-electron chi connectivity index (χ4n) is 2.48.